The van der Waals surface area contributed by atoms with Crippen LogP contribution in [0.3, 0.4) is 0 Å². The van der Waals surface area contributed by atoms with E-state index >= 15 is 0 Å². The molecule has 0 N–H and O–H groups in total. The molecular formula is C25H27F3N6O2. The van der Waals surface area contributed by atoms with E-state index in [-0.39, 0.29) is 29.6 Å². The Kier molecular flexibility index (Phi) is 6.91. The summed E-state index contributed by atoms with van der Waals surface area (Å²) in [7, 11) is 1.62. The van der Waals surface area contributed by atoms with Gasteiger partial charge in [-0.05, 0) is 50.1 Å². The Bertz CT molecular complexity index is 1350. The van der Waals surface area contributed by atoms with Crippen molar-refractivity contribution in [2.75, 3.05) is 18.0 Å². The highest BCUT2D eigenvalue weighted by Crippen LogP contribution is 2.33. The minimum atomic E-state index is -4.73. The Morgan fingerprint density at radius 1 is 1.17 bits per heavy atom. The number of anilines is 1. The highest BCUT2D eigenvalue weighted by molar-refractivity contribution is 5.86. The van der Waals surface area contributed by atoms with Crippen LogP contribution in [-0.4, -0.2) is 51.0 Å². The lowest BCUT2D eigenvalue weighted by atomic mass is 9.98. The summed E-state index contributed by atoms with van der Waals surface area (Å²) in [5.74, 6) is 0.202. The third kappa shape index (κ3) is 4.99. The maximum atomic E-state index is 12.6. The van der Waals surface area contributed by atoms with E-state index in [1.807, 2.05) is 19.9 Å². The summed E-state index contributed by atoms with van der Waals surface area (Å²) in [6, 6.07) is 11.3. The third-order valence-corrected chi connectivity index (χ3v) is 6.77. The molecule has 3 atom stereocenters. The Morgan fingerprint density at radius 2 is 1.86 bits per heavy atom. The molecule has 1 aromatic carbocycles. The zero-order chi connectivity index (χ0) is 26.2. The lowest BCUT2D eigenvalue weighted by molar-refractivity contribution is -0.274. The molecule has 0 saturated carbocycles. The average molecular weight is 501 g/mol. The van der Waals surface area contributed by atoms with Gasteiger partial charge < -0.3 is 9.64 Å². The van der Waals surface area contributed by atoms with Crippen molar-refractivity contribution >= 4 is 16.9 Å². The number of rotatable bonds is 5. The first-order chi connectivity index (χ1) is 17.0. The van der Waals surface area contributed by atoms with Crippen molar-refractivity contribution in [2.24, 2.45) is 7.05 Å². The number of aryl methyl sites for hydroxylation is 1. The molecule has 4 rings (SSSR count). The molecule has 0 spiro atoms. The molecule has 8 nitrogen and oxygen atoms in total. The molecule has 3 aromatic rings. The SMILES string of the molecule is CC[C@@H]1CN(c2nc(=O)n(C)c3ccc(C#N)nc23)[C@@H](C)CN1[C@H](C)c1ccc(OC(F)(F)F)cc1. The Balaban J connectivity index is 1.63. The van der Waals surface area contributed by atoms with E-state index in [0.29, 0.717) is 29.9 Å². The normalized spacial score (nSPS) is 19.8. The second-order valence-electron chi connectivity index (χ2n) is 9.01. The number of piperazine rings is 1. The maximum Gasteiger partial charge on any atom is 0.573 e. The van der Waals surface area contributed by atoms with Gasteiger partial charge in [-0.2, -0.15) is 10.2 Å². The second-order valence-corrected chi connectivity index (χ2v) is 9.01. The summed E-state index contributed by atoms with van der Waals surface area (Å²) in [6.45, 7) is 7.34. The fourth-order valence-corrected chi connectivity index (χ4v) is 4.81. The fraction of sp³-hybridized carbons (Fsp3) is 0.440. The van der Waals surface area contributed by atoms with Crippen molar-refractivity contribution < 1.29 is 17.9 Å². The van der Waals surface area contributed by atoms with E-state index in [4.69, 9.17) is 0 Å². The third-order valence-electron chi connectivity index (χ3n) is 6.77. The van der Waals surface area contributed by atoms with Crippen LogP contribution in [-0.2, 0) is 7.05 Å². The number of ether oxygens (including phenoxy) is 1. The van der Waals surface area contributed by atoms with Crippen molar-refractivity contribution in [2.45, 2.75) is 51.7 Å². The molecule has 2 aromatic heterocycles. The maximum absolute atomic E-state index is 12.6. The van der Waals surface area contributed by atoms with Crippen LogP contribution in [0.15, 0.2) is 41.2 Å². The molecule has 0 radical (unpaired) electrons. The van der Waals surface area contributed by atoms with Gasteiger partial charge in [-0.1, -0.05) is 19.1 Å². The molecule has 0 aliphatic carbocycles. The minimum Gasteiger partial charge on any atom is -0.406 e. The number of nitriles is 1. The molecule has 1 aliphatic heterocycles. The molecule has 1 saturated heterocycles. The van der Waals surface area contributed by atoms with Gasteiger partial charge in [0.05, 0.1) is 5.52 Å². The van der Waals surface area contributed by atoms with Gasteiger partial charge in [0.2, 0.25) is 0 Å². The van der Waals surface area contributed by atoms with Crippen LogP contribution in [0.4, 0.5) is 19.0 Å². The van der Waals surface area contributed by atoms with Gasteiger partial charge in [0, 0.05) is 38.3 Å². The largest absolute Gasteiger partial charge is 0.573 e. The summed E-state index contributed by atoms with van der Waals surface area (Å²) >= 11 is 0. The lowest BCUT2D eigenvalue weighted by Gasteiger charge is -2.48. The van der Waals surface area contributed by atoms with Crippen LogP contribution in [0, 0.1) is 11.3 Å². The molecule has 190 valence electrons. The second kappa shape index (κ2) is 9.78. The first-order valence-corrected chi connectivity index (χ1v) is 11.7. The van der Waals surface area contributed by atoms with Crippen molar-refractivity contribution in [3.05, 3.63) is 58.1 Å². The van der Waals surface area contributed by atoms with E-state index in [1.165, 1.54) is 16.7 Å². The van der Waals surface area contributed by atoms with Crippen molar-refractivity contribution in [1.29, 1.82) is 5.26 Å². The fourth-order valence-electron chi connectivity index (χ4n) is 4.81. The molecule has 0 amide bonds. The van der Waals surface area contributed by atoms with Gasteiger partial charge in [-0.3, -0.25) is 9.47 Å². The summed E-state index contributed by atoms with van der Waals surface area (Å²) in [4.78, 5) is 25.8. The van der Waals surface area contributed by atoms with Crippen LogP contribution < -0.4 is 15.3 Å². The molecule has 3 heterocycles. The van der Waals surface area contributed by atoms with Crippen LogP contribution in [0.25, 0.3) is 11.0 Å². The number of aromatic nitrogens is 3. The lowest BCUT2D eigenvalue weighted by Crippen LogP contribution is -2.58. The smallest absolute Gasteiger partial charge is 0.406 e. The van der Waals surface area contributed by atoms with Crippen molar-refractivity contribution in [1.82, 2.24) is 19.4 Å². The molecule has 11 heteroatoms. The zero-order valence-electron chi connectivity index (χ0n) is 20.5. The molecule has 0 bridgehead atoms. The van der Waals surface area contributed by atoms with E-state index in [0.717, 1.165) is 12.0 Å². The van der Waals surface area contributed by atoms with E-state index in [2.05, 4.69) is 31.4 Å². The molecule has 0 unspecified atom stereocenters. The number of nitrogens with zero attached hydrogens (tertiary/aromatic N) is 6. The van der Waals surface area contributed by atoms with Crippen molar-refractivity contribution in [3.8, 4) is 11.8 Å². The van der Waals surface area contributed by atoms with Gasteiger partial charge in [-0.15, -0.1) is 13.2 Å². The Hall–Kier alpha value is -3.65. The quantitative estimate of drug-likeness (QED) is 0.520. The predicted molar refractivity (Wildman–Crippen MR) is 129 cm³/mol. The first kappa shape index (κ1) is 25.4. The molecule has 1 fully saturated rings. The highest BCUT2D eigenvalue weighted by Gasteiger charge is 2.36. The molecule has 1 aliphatic rings. The standard InChI is InChI=1S/C25H27F3N6O2/c1-5-19-14-33(23-22-21(32(4)24(35)31-23)11-8-18(12-29)30-22)15(2)13-34(19)16(3)17-6-9-20(10-7-17)36-25(26,27)28/h6-11,15-16,19H,5,13-14H2,1-4H3/t15-,16+,19+/m0/s1. The monoisotopic (exact) mass is 500 g/mol. The van der Waals surface area contributed by atoms with Gasteiger partial charge in [0.1, 0.15) is 23.0 Å². The van der Waals surface area contributed by atoms with Gasteiger partial charge in [0.25, 0.3) is 0 Å². The minimum absolute atomic E-state index is 0.0431. The van der Waals surface area contributed by atoms with Crippen molar-refractivity contribution in [3.63, 3.8) is 0 Å². The number of benzene rings is 1. The number of hydrogen-bond acceptors (Lipinski definition) is 7. The van der Waals surface area contributed by atoms with Gasteiger partial charge >= 0.3 is 12.1 Å². The number of hydrogen-bond donors (Lipinski definition) is 0. The number of halogens is 3. The summed E-state index contributed by atoms with van der Waals surface area (Å²) in [5, 5.41) is 9.35. The van der Waals surface area contributed by atoms with Crippen LogP contribution in [0.1, 0.15) is 44.5 Å². The van der Waals surface area contributed by atoms with Crippen LogP contribution in [0.5, 0.6) is 5.75 Å². The molecule has 36 heavy (non-hydrogen) atoms. The van der Waals surface area contributed by atoms with E-state index < -0.39 is 12.1 Å². The number of pyridine rings is 1. The average Bonchev–Trinajstić information content (AvgIpc) is 2.85. The number of alkyl halides is 3. The number of fused-ring (bicyclic) bond motifs is 1. The zero-order valence-corrected chi connectivity index (χ0v) is 20.5. The van der Waals surface area contributed by atoms with Crippen LogP contribution >= 0.6 is 0 Å². The summed E-state index contributed by atoms with van der Waals surface area (Å²) in [5.41, 5.74) is 1.82. The first-order valence-electron chi connectivity index (χ1n) is 11.7. The van der Waals surface area contributed by atoms with E-state index in [9.17, 15) is 23.2 Å². The van der Waals surface area contributed by atoms with Gasteiger partial charge in [-0.25, -0.2) is 9.78 Å². The van der Waals surface area contributed by atoms with Gasteiger partial charge in [0.15, 0.2) is 5.82 Å². The Labute approximate surface area is 206 Å². The predicted octanol–water partition coefficient (Wildman–Crippen LogP) is 4.15. The Morgan fingerprint density at radius 3 is 2.47 bits per heavy atom. The molecular weight excluding hydrogens is 473 g/mol. The van der Waals surface area contributed by atoms with Crippen LogP contribution in [0.2, 0.25) is 0 Å². The topological polar surface area (TPSA) is 87.3 Å². The van der Waals surface area contributed by atoms with E-state index in [1.54, 1.807) is 31.3 Å². The summed E-state index contributed by atoms with van der Waals surface area (Å²) in [6.07, 6.45) is -3.92. The highest BCUT2D eigenvalue weighted by atomic mass is 19.4. The summed E-state index contributed by atoms with van der Waals surface area (Å²) < 4.78 is 43.0.